The fraction of sp³-hybridized carbons (Fsp3) is 0.467. The lowest BCUT2D eigenvalue weighted by atomic mass is 9.82. The Bertz CT molecular complexity index is 1490. The molecule has 0 aliphatic carbocycles. The Hall–Kier alpha value is -2.94. The predicted molar refractivity (Wildman–Crippen MR) is 167 cm³/mol. The molecule has 0 radical (unpaired) electrons. The van der Waals surface area contributed by atoms with Gasteiger partial charge >= 0.3 is 0 Å². The van der Waals surface area contributed by atoms with Gasteiger partial charge in [-0.1, -0.05) is 40.2 Å². The average molecular weight is 673 g/mol. The molecule has 43 heavy (non-hydrogen) atoms. The quantitative estimate of drug-likeness (QED) is 0.240. The highest BCUT2D eigenvalue weighted by Crippen LogP contribution is 2.60. The minimum absolute atomic E-state index is 0.00583. The molecule has 0 bridgehead atoms. The van der Waals surface area contributed by atoms with Crippen LogP contribution in [0.25, 0.3) is 0 Å². The van der Waals surface area contributed by atoms with Crippen LogP contribution in [0.2, 0.25) is 18.6 Å². The molecule has 2 aromatic carbocycles. The van der Waals surface area contributed by atoms with Crippen LogP contribution >= 0.6 is 15.9 Å². The number of aryl methyl sites for hydroxylation is 1. The van der Waals surface area contributed by atoms with Gasteiger partial charge in [0.25, 0.3) is 11.8 Å². The first-order chi connectivity index (χ1) is 20.3. The molecule has 3 aromatic rings. The molecule has 5 rings (SSSR count). The molecule has 4 N–H and O–H groups in total. The van der Waals surface area contributed by atoms with Crippen LogP contribution in [-0.2, 0) is 39.4 Å². The molecule has 1 spiro atoms. The Morgan fingerprint density at radius 2 is 1.95 bits per heavy atom. The van der Waals surface area contributed by atoms with E-state index in [9.17, 15) is 24.6 Å². The molecule has 5 atom stereocenters. The number of amides is 2. The maximum atomic E-state index is 14.6. The van der Waals surface area contributed by atoms with Gasteiger partial charge in [-0.25, -0.2) is 0 Å². The highest BCUT2D eigenvalue weighted by Gasteiger charge is 2.66. The van der Waals surface area contributed by atoms with Crippen molar-refractivity contribution in [3.63, 3.8) is 0 Å². The molecular formula is C30H38BrN5O6Si. The minimum Gasteiger partial charge on any atom is -0.432 e. The number of aliphatic hydroxyl groups excluding tert-OH is 2. The second kappa shape index (κ2) is 12.2. The van der Waals surface area contributed by atoms with Crippen molar-refractivity contribution >= 4 is 47.4 Å². The third-order valence-electron chi connectivity index (χ3n) is 8.48. The first kappa shape index (κ1) is 31.5. The maximum Gasteiger partial charge on any atom is 0.264 e. The van der Waals surface area contributed by atoms with E-state index in [2.05, 4.69) is 31.6 Å². The van der Waals surface area contributed by atoms with E-state index >= 15 is 0 Å². The number of hydrogen-bond donors (Lipinski definition) is 4. The molecule has 2 amide bonds. The highest BCUT2D eigenvalue weighted by atomic mass is 79.9. The fourth-order valence-electron chi connectivity index (χ4n) is 6.54. The predicted octanol–water partition coefficient (Wildman–Crippen LogP) is 3.33. The van der Waals surface area contributed by atoms with Crippen molar-refractivity contribution in [1.29, 1.82) is 0 Å². The Kier molecular flexibility index (Phi) is 8.94. The van der Waals surface area contributed by atoms with Crippen molar-refractivity contribution in [2.75, 3.05) is 16.8 Å². The Labute approximate surface area is 260 Å². The number of halogens is 1. The molecule has 0 unspecified atom stereocenters. The van der Waals surface area contributed by atoms with Gasteiger partial charge in [0.1, 0.15) is 6.10 Å². The monoisotopic (exact) mass is 671 g/mol. The Morgan fingerprint density at radius 3 is 2.60 bits per heavy atom. The summed E-state index contributed by atoms with van der Waals surface area (Å²) < 4.78 is 9.42. The van der Waals surface area contributed by atoms with Crippen LogP contribution in [0.5, 0.6) is 0 Å². The third kappa shape index (κ3) is 6.06. The van der Waals surface area contributed by atoms with Crippen molar-refractivity contribution in [3.05, 3.63) is 70.0 Å². The van der Waals surface area contributed by atoms with E-state index in [0.29, 0.717) is 30.8 Å². The first-order valence-corrected chi connectivity index (χ1v) is 18.3. The van der Waals surface area contributed by atoms with Crippen molar-refractivity contribution in [2.24, 2.45) is 5.92 Å². The number of fused-ring (bicyclic) bond motifs is 2. The lowest BCUT2D eigenvalue weighted by Gasteiger charge is -2.32. The topological polar surface area (TPSA) is 150 Å². The number of anilines is 2. The summed E-state index contributed by atoms with van der Waals surface area (Å²) in [5, 5.41) is 29.7. The molecule has 1 saturated heterocycles. The number of benzene rings is 2. The number of carbonyl (C=O) groups is 2. The van der Waals surface area contributed by atoms with E-state index < -0.39 is 25.9 Å². The molecule has 1 fully saturated rings. The normalized spacial score (nSPS) is 24.0. The van der Waals surface area contributed by atoms with Crippen LogP contribution in [0, 0.1) is 5.92 Å². The van der Waals surface area contributed by atoms with Gasteiger partial charge in [-0.05, 0) is 62.3 Å². The van der Waals surface area contributed by atoms with Gasteiger partial charge in [-0.3, -0.25) is 14.3 Å². The second-order valence-electron chi connectivity index (χ2n) is 12.0. The molecular weight excluding hydrogens is 634 g/mol. The number of nitrogens with one attached hydrogen (secondary N) is 1. The molecule has 2 aliphatic rings. The number of aliphatic hydroxyl groups is 2. The molecule has 13 heteroatoms. The zero-order valence-electron chi connectivity index (χ0n) is 24.7. The second-order valence-corrected chi connectivity index (χ2v) is 16.9. The Balaban J connectivity index is 1.44. The highest BCUT2D eigenvalue weighted by molar-refractivity contribution is 9.10. The number of ether oxygens (including phenoxy) is 1. The Morgan fingerprint density at radius 1 is 1.23 bits per heavy atom. The minimum atomic E-state index is -2.82. The summed E-state index contributed by atoms with van der Waals surface area (Å²) in [6, 6.07) is 12.9. The number of nitrogens with zero attached hydrogens (tertiary/aromatic N) is 4. The summed E-state index contributed by atoms with van der Waals surface area (Å²) in [6.45, 7) is 7.99. The van der Waals surface area contributed by atoms with Crippen LogP contribution in [0.4, 0.5) is 11.4 Å². The molecule has 1 aromatic heterocycles. The van der Waals surface area contributed by atoms with Crippen molar-refractivity contribution in [1.82, 2.24) is 15.0 Å². The summed E-state index contributed by atoms with van der Waals surface area (Å²) in [4.78, 5) is 39.7. The van der Waals surface area contributed by atoms with Gasteiger partial charge in [0, 0.05) is 53.0 Å². The van der Waals surface area contributed by atoms with E-state index in [4.69, 9.17) is 4.74 Å². The van der Waals surface area contributed by atoms with Crippen molar-refractivity contribution < 1.29 is 29.3 Å². The van der Waals surface area contributed by atoms with Gasteiger partial charge in [0.2, 0.25) is 0 Å². The molecule has 0 saturated carbocycles. The largest absolute Gasteiger partial charge is 0.432 e. The summed E-state index contributed by atoms with van der Waals surface area (Å²) in [5.74, 6) is -0.963. The van der Waals surface area contributed by atoms with Gasteiger partial charge in [0.05, 0.1) is 24.0 Å². The molecule has 3 heterocycles. The number of rotatable bonds is 10. The van der Waals surface area contributed by atoms with Gasteiger partial charge in [-0.2, -0.15) is 0 Å². The first-order valence-electron chi connectivity index (χ1n) is 14.4. The zero-order chi connectivity index (χ0) is 31.1. The lowest BCUT2D eigenvalue weighted by molar-refractivity contribution is -0.146. The summed E-state index contributed by atoms with van der Waals surface area (Å²) in [6.07, 6.45) is 1.25. The number of aromatic nitrogens is 3. The van der Waals surface area contributed by atoms with E-state index in [0.717, 1.165) is 21.3 Å². The van der Waals surface area contributed by atoms with Crippen LogP contribution < -0.4 is 10.2 Å². The fourth-order valence-corrected chi connectivity index (χ4v) is 9.50. The van der Waals surface area contributed by atoms with Crippen LogP contribution in [-0.4, -0.2) is 68.9 Å². The number of carbonyl (C=O) groups excluding carboxylic acids is 2. The summed E-state index contributed by atoms with van der Waals surface area (Å²) in [5.41, 5.74) is 2.15. The van der Waals surface area contributed by atoms with Crippen molar-refractivity contribution in [3.8, 4) is 0 Å². The maximum absolute atomic E-state index is 14.6. The van der Waals surface area contributed by atoms with E-state index in [1.165, 1.54) is 6.92 Å². The lowest BCUT2D eigenvalue weighted by Crippen LogP contribution is -2.46. The van der Waals surface area contributed by atoms with E-state index in [1.54, 1.807) is 27.9 Å². The summed E-state index contributed by atoms with van der Waals surface area (Å²) >= 11 is 3.59. The summed E-state index contributed by atoms with van der Waals surface area (Å²) in [7, 11) is -2.82. The van der Waals surface area contributed by atoms with Crippen LogP contribution in [0.15, 0.2) is 53.1 Å². The van der Waals surface area contributed by atoms with Crippen molar-refractivity contribution in [2.45, 2.75) is 76.2 Å². The van der Waals surface area contributed by atoms with Gasteiger partial charge < -0.3 is 30.0 Å². The molecule has 11 nitrogen and oxygen atoms in total. The van der Waals surface area contributed by atoms with E-state index in [1.807, 2.05) is 50.3 Å². The molecule has 2 aliphatic heterocycles. The zero-order valence-corrected chi connectivity index (χ0v) is 27.3. The van der Waals surface area contributed by atoms with E-state index in [-0.39, 0.29) is 36.6 Å². The van der Waals surface area contributed by atoms with Crippen LogP contribution in [0.1, 0.15) is 37.1 Å². The number of hydrogen-bond acceptors (Lipinski definition) is 8. The molecule has 230 valence electrons. The standard InChI is InChI=1S/C30H38BrN5O6Si/c1-18-27(43(3,4)41)26(11-13-35-17-23(12-14-37)33-34-35)42-30(18)24-15-21(31)7-10-25(24)36(29(30)40)16-20-5-8-22(9-6-20)32-28(39)19(2)38/h5-10,15,17-19,26-27,37-38,41H,11-14,16H2,1-4H3,(H,32,39)/t18-,19-,26+,27-,30+/m0/s1. The van der Waals surface area contributed by atoms with Gasteiger partial charge in [-0.15, -0.1) is 5.10 Å². The average Bonchev–Trinajstić information content (AvgIpc) is 3.58. The third-order valence-corrected chi connectivity index (χ3v) is 11.5. The van der Waals surface area contributed by atoms with Gasteiger partial charge in [0.15, 0.2) is 13.9 Å². The smallest absolute Gasteiger partial charge is 0.264 e. The SMILES string of the molecule is C[C@H](O)C(=O)Nc1ccc(CN2C(=O)[C@]3(O[C@H](CCn4cc(CCO)nn4)[C@@H]([Si](C)(C)O)[C@@H]3C)c3cc(Br)ccc32)cc1. The van der Waals surface area contributed by atoms with Crippen LogP contribution in [0.3, 0.4) is 0 Å².